The van der Waals surface area contributed by atoms with E-state index in [1.807, 2.05) is 0 Å². The zero-order valence-electron chi connectivity index (χ0n) is 6.65. The first-order chi connectivity index (χ1) is 5.84. The Morgan fingerprint density at radius 2 is 2.08 bits per heavy atom. The van der Waals surface area contributed by atoms with Crippen LogP contribution in [0, 0.1) is 6.92 Å². The Morgan fingerprint density at radius 1 is 1.54 bits per heavy atom. The summed E-state index contributed by atoms with van der Waals surface area (Å²) in [5, 5.41) is 1.61. The summed E-state index contributed by atoms with van der Waals surface area (Å²) in [6.07, 6.45) is -4.37. The van der Waals surface area contributed by atoms with E-state index in [9.17, 15) is 13.2 Å². The Balaban J connectivity index is 3.02. The standard InChI is InChI=1S/C7H7BrF3NS/c1-3-4(8)2-13-5(3)6(12)7(9,10)11/h2,6H,12H2,1H3/t6-/m0/s1. The van der Waals surface area contributed by atoms with Crippen molar-refractivity contribution in [3.8, 4) is 0 Å². The molecule has 0 bridgehead atoms. The Hall–Kier alpha value is -0.0700. The summed E-state index contributed by atoms with van der Waals surface area (Å²) in [6, 6.07) is -1.87. The van der Waals surface area contributed by atoms with Gasteiger partial charge in [-0.15, -0.1) is 11.3 Å². The molecule has 0 amide bonds. The average Bonchev–Trinajstić information content (AvgIpc) is 2.30. The lowest BCUT2D eigenvalue weighted by molar-refractivity contribution is -0.148. The van der Waals surface area contributed by atoms with Crippen LogP contribution in [0.25, 0.3) is 0 Å². The first kappa shape index (κ1) is 11.0. The van der Waals surface area contributed by atoms with E-state index in [1.165, 1.54) is 0 Å². The molecule has 0 saturated carbocycles. The van der Waals surface area contributed by atoms with Gasteiger partial charge in [0, 0.05) is 14.7 Å². The van der Waals surface area contributed by atoms with Crippen LogP contribution in [0.1, 0.15) is 16.5 Å². The van der Waals surface area contributed by atoms with Crippen molar-refractivity contribution in [3.63, 3.8) is 0 Å². The van der Waals surface area contributed by atoms with Gasteiger partial charge < -0.3 is 5.73 Å². The van der Waals surface area contributed by atoms with Crippen LogP contribution in [-0.2, 0) is 0 Å². The van der Waals surface area contributed by atoms with Crippen LogP contribution in [0.3, 0.4) is 0 Å². The Kier molecular flexibility index (Phi) is 3.04. The maximum Gasteiger partial charge on any atom is 0.408 e. The molecule has 1 nitrogen and oxygen atoms in total. The number of nitrogens with two attached hydrogens (primary N) is 1. The van der Waals surface area contributed by atoms with E-state index in [0.29, 0.717) is 10.0 Å². The third kappa shape index (κ3) is 2.24. The smallest absolute Gasteiger partial charge is 0.316 e. The molecule has 1 aromatic rings. The predicted octanol–water partition coefficient (Wildman–Crippen LogP) is 3.38. The third-order valence-corrected chi connectivity index (χ3v) is 3.95. The molecule has 0 radical (unpaired) electrons. The summed E-state index contributed by atoms with van der Waals surface area (Å²) in [6.45, 7) is 1.61. The highest BCUT2D eigenvalue weighted by Gasteiger charge is 2.39. The summed E-state index contributed by atoms with van der Waals surface area (Å²) in [5.41, 5.74) is 5.62. The molecule has 0 spiro atoms. The lowest BCUT2D eigenvalue weighted by atomic mass is 10.2. The van der Waals surface area contributed by atoms with Crippen molar-refractivity contribution < 1.29 is 13.2 Å². The molecule has 2 N–H and O–H groups in total. The van der Waals surface area contributed by atoms with Gasteiger partial charge in [0.05, 0.1) is 0 Å². The summed E-state index contributed by atoms with van der Waals surface area (Å²) in [5.74, 6) is 0. The van der Waals surface area contributed by atoms with Crippen LogP contribution in [0.5, 0.6) is 0 Å². The molecule has 1 aromatic heterocycles. The van der Waals surface area contributed by atoms with Gasteiger partial charge in [-0.3, -0.25) is 0 Å². The van der Waals surface area contributed by atoms with Crippen molar-refractivity contribution in [1.29, 1.82) is 0 Å². The van der Waals surface area contributed by atoms with Crippen molar-refractivity contribution in [2.75, 3.05) is 0 Å². The maximum absolute atomic E-state index is 12.2. The fourth-order valence-corrected chi connectivity index (χ4v) is 2.46. The van der Waals surface area contributed by atoms with Crippen molar-refractivity contribution in [2.24, 2.45) is 5.73 Å². The van der Waals surface area contributed by atoms with Gasteiger partial charge in [-0.1, -0.05) is 0 Å². The predicted molar refractivity (Wildman–Crippen MR) is 49.7 cm³/mol. The van der Waals surface area contributed by atoms with E-state index in [1.54, 1.807) is 12.3 Å². The summed E-state index contributed by atoms with van der Waals surface area (Å²) < 4.78 is 37.2. The van der Waals surface area contributed by atoms with Crippen LogP contribution in [0.2, 0.25) is 0 Å². The lowest BCUT2D eigenvalue weighted by Gasteiger charge is -2.14. The quantitative estimate of drug-likeness (QED) is 0.834. The van der Waals surface area contributed by atoms with Crippen molar-refractivity contribution in [3.05, 3.63) is 20.3 Å². The van der Waals surface area contributed by atoms with Crippen LogP contribution in [-0.4, -0.2) is 6.18 Å². The van der Waals surface area contributed by atoms with E-state index >= 15 is 0 Å². The third-order valence-electron chi connectivity index (χ3n) is 1.65. The monoisotopic (exact) mass is 273 g/mol. The fourth-order valence-electron chi connectivity index (χ4n) is 0.865. The molecule has 0 fully saturated rings. The number of hydrogen-bond donors (Lipinski definition) is 1. The second kappa shape index (κ2) is 3.59. The molecule has 0 aliphatic heterocycles. The zero-order valence-corrected chi connectivity index (χ0v) is 9.05. The van der Waals surface area contributed by atoms with E-state index in [-0.39, 0.29) is 4.88 Å². The van der Waals surface area contributed by atoms with Crippen LogP contribution in [0.4, 0.5) is 13.2 Å². The second-order valence-corrected chi connectivity index (χ2v) is 4.36. The molecule has 0 aliphatic carbocycles. The van der Waals surface area contributed by atoms with Crippen molar-refractivity contribution in [2.45, 2.75) is 19.1 Å². The minimum absolute atomic E-state index is 0.166. The van der Waals surface area contributed by atoms with Gasteiger partial charge in [0.1, 0.15) is 6.04 Å². The number of alkyl halides is 3. The topological polar surface area (TPSA) is 26.0 Å². The molecule has 0 saturated heterocycles. The summed E-state index contributed by atoms with van der Waals surface area (Å²) in [4.78, 5) is 0.166. The van der Waals surface area contributed by atoms with Gasteiger partial charge in [-0.05, 0) is 28.4 Å². The number of halogens is 4. The maximum atomic E-state index is 12.2. The highest BCUT2D eigenvalue weighted by atomic mass is 79.9. The fraction of sp³-hybridized carbons (Fsp3) is 0.429. The van der Waals surface area contributed by atoms with Gasteiger partial charge in [0.2, 0.25) is 0 Å². The van der Waals surface area contributed by atoms with Gasteiger partial charge in [-0.2, -0.15) is 13.2 Å². The molecule has 74 valence electrons. The van der Waals surface area contributed by atoms with Crippen LogP contribution in [0.15, 0.2) is 9.85 Å². The molecule has 1 heterocycles. The zero-order chi connectivity index (χ0) is 10.2. The summed E-state index contributed by atoms with van der Waals surface area (Å²) >= 11 is 4.16. The second-order valence-electron chi connectivity index (χ2n) is 2.59. The average molecular weight is 274 g/mol. The highest BCUT2D eigenvalue weighted by Crippen LogP contribution is 2.38. The molecular weight excluding hydrogens is 267 g/mol. The molecule has 1 atom stereocenters. The van der Waals surface area contributed by atoms with Crippen molar-refractivity contribution in [1.82, 2.24) is 0 Å². The SMILES string of the molecule is Cc1c(Br)csc1[C@H](N)C(F)(F)F. The van der Waals surface area contributed by atoms with Gasteiger partial charge in [0.25, 0.3) is 0 Å². The number of hydrogen-bond acceptors (Lipinski definition) is 2. The van der Waals surface area contributed by atoms with Crippen molar-refractivity contribution >= 4 is 27.3 Å². The molecule has 6 heteroatoms. The Labute approximate surface area is 85.9 Å². The van der Waals surface area contributed by atoms with Crippen LogP contribution < -0.4 is 5.73 Å². The van der Waals surface area contributed by atoms with Crippen LogP contribution >= 0.6 is 27.3 Å². The first-order valence-electron chi connectivity index (χ1n) is 3.40. The lowest BCUT2D eigenvalue weighted by Crippen LogP contribution is -2.28. The molecule has 1 rings (SSSR count). The molecular formula is C7H7BrF3NS. The van der Waals surface area contributed by atoms with E-state index in [4.69, 9.17) is 5.73 Å². The first-order valence-corrected chi connectivity index (χ1v) is 5.07. The summed E-state index contributed by atoms with van der Waals surface area (Å²) in [7, 11) is 0. The van der Waals surface area contributed by atoms with E-state index in [0.717, 1.165) is 11.3 Å². The van der Waals surface area contributed by atoms with Gasteiger partial charge in [0.15, 0.2) is 0 Å². The van der Waals surface area contributed by atoms with E-state index in [2.05, 4.69) is 15.9 Å². The molecule has 13 heavy (non-hydrogen) atoms. The molecule has 0 unspecified atom stereocenters. The minimum atomic E-state index is -4.37. The number of thiophene rings is 1. The highest BCUT2D eigenvalue weighted by molar-refractivity contribution is 9.10. The Bertz CT molecular complexity index is 307. The van der Waals surface area contributed by atoms with Gasteiger partial charge in [-0.25, -0.2) is 0 Å². The normalized spacial score (nSPS) is 14.6. The van der Waals surface area contributed by atoms with Gasteiger partial charge >= 0.3 is 6.18 Å². The minimum Gasteiger partial charge on any atom is -0.316 e. The molecule has 0 aromatic carbocycles. The Morgan fingerprint density at radius 3 is 2.38 bits per heavy atom. The number of rotatable bonds is 1. The van der Waals surface area contributed by atoms with E-state index < -0.39 is 12.2 Å². The molecule has 0 aliphatic rings. The largest absolute Gasteiger partial charge is 0.408 e.